The monoisotopic (exact) mass is 488 g/mol. The van der Waals surface area contributed by atoms with Crippen LogP contribution in [-0.4, -0.2) is 35.4 Å². The second-order valence-corrected chi connectivity index (χ2v) is 9.43. The summed E-state index contributed by atoms with van der Waals surface area (Å²) in [5.41, 5.74) is 2.94. The number of para-hydroxylation sites is 1. The van der Waals surface area contributed by atoms with Crippen molar-refractivity contribution in [3.05, 3.63) is 101 Å². The Morgan fingerprint density at radius 1 is 0.972 bits per heavy atom. The fraction of sp³-hybridized carbons (Fsp3) is 0.333. The molecule has 6 heteroatoms. The number of amides is 2. The van der Waals surface area contributed by atoms with Gasteiger partial charge in [0.15, 0.2) is 18.2 Å². The van der Waals surface area contributed by atoms with Gasteiger partial charge in [0.2, 0.25) is 5.91 Å². The van der Waals surface area contributed by atoms with Crippen LogP contribution < -0.4 is 10.1 Å². The summed E-state index contributed by atoms with van der Waals surface area (Å²) in [4.78, 5) is 28.8. The van der Waals surface area contributed by atoms with Gasteiger partial charge in [0.1, 0.15) is 6.04 Å². The number of carbonyl (C=O) groups is 2. The van der Waals surface area contributed by atoms with Gasteiger partial charge in [0.25, 0.3) is 5.91 Å². The predicted octanol–water partition coefficient (Wildman–Crippen LogP) is 5.21. The third kappa shape index (κ3) is 6.94. The maximum atomic E-state index is 14.1. The minimum atomic E-state index is -0.731. The lowest BCUT2D eigenvalue weighted by molar-refractivity contribution is -0.143. The molecule has 0 spiro atoms. The third-order valence-electron chi connectivity index (χ3n) is 6.60. The van der Waals surface area contributed by atoms with Crippen LogP contribution in [-0.2, 0) is 22.6 Å². The number of nitrogens with one attached hydrogen (secondary N) is 1. The van der Waals surface area contributed by atoms with Crippen molar-refractivity contribution in [2.75, 3.05) is 6.61 Å². The van der Waals surface area contributed by atoms with E-state index in [2.05, 4.69) is 5.32 Å². The maximum Gasteiger partial charge on any atom is 0.261 e. The van der Waals surface area contributed by atoms with Gasteiger partial charge < -0.3 is 15.0 Å². The Labute approximate surface area is 212 Å². The number of rotatable bonds is 10. The van der Waals surface area contributed by atoms with Crippen molar-refractivity contribution >= 4 is 11.8 Å². The van der Waals surface area contributed by atoms with Gasteiger partial charge in [-0.05, 0) is 43.0 Å². The van der Waals surface area contributed by atoms with E-state index in [1.165, 1.54) is 12.1 Å². The zero-order valence-electron chi connectivity index (χ0n) is 20.7. The van der Waals surface area contributed by atoms with Crippen molar-refractivity contribution < 1.29 is 18.7 Å². The van der Waals surface area contributed by atoms with E-state index in [0.29, 0.717) is 6.42 Å². The Kier molecular flexibility index (Phi) is 8.71. The molecule has 0 heterocycles. The van der Waals surface area contributed by atoms with Gasteiger partial charge in [-0.15, -0.1) is 0 Å². The molecule has 0 saturated heterocycles. The van der Waals surface area contributed by atoms with Crippen LogP contribution in [0.1, 0.15) is 42.4 Å². The standard InChI is InChI=1S/C30H33FN2O3/c1-22-10-9-13-24(18-22)20-33(29(34)21-36-28-17-8-7-16-26(28)31)27(19-23-11-3-2-4-12-23)30(35)32-25-14-5-6-15-25/h2-4,7-13,16-18,25,27H,5-6,14-15,19-21H2,1H3,(H,32,35). The summed E-state index contributed by atoms with van der Waals surface area (Å²) in [6, 6.07) is 23.0. The van der Waals surface area contributed by atoms with E-state index in [1.807, 2.05) is 61.5 Å². The number of carbonyl (C=O) groups excluding carboxylic acids is 2. The second-order valence-electron chi connectivity index (χ2n) is 9.43. The van der Waals surface area contributed by atoms with Crippen LogP contribution in [0.15, 0.2) is 78.9 Å². The van der Waals surface area contributed by atoms with E-state index in [4.69, 9.17) is 4.74 Å². The summed E-state index contributed by atoms with van der Waals surface area (Å²) in [5, 5.41) is 3.18. The number of aryl methyl sites for hydroxylation is 1. The first-order valence-corrected chi connectivity index (χ1v) is 12.6. The van der Waals surface area contributed by atoms with Crippen molar-refractivity contribution in [2.24, 2.45) is 0 Å². The van der Waals surface area contributed by atoms with Crippen molar-refractivity contribution in [1.82, 2.24) is 10.2 Å². The first-order valence-electron chi connectivity index (χ1n) is 12.6. The number of halogens is 1. The highest BCUT2D eigenvalue weighted by Crippen LogP contribution is 2.21. The smallest absolute Gasteiger partial charge is 0.261 e. The van der Waals surface area contributed by atoms with Crippen molar-refractivity contribution in [3.8, 4) is 5.75 Å². The molecule has 1 fully saturated rings. The highest BCUT2D eigenvalue weighted by molar-refractivity contribution is 5.88. The molecule has 1 saturated carbocycles. The summed E-state index contributed by atoms with van der Waals surface area (Å²) in [6.45, 7) is 1.87. The van der Waals surface area contributed by atoms with Gasteiger partial charge in [0.05, 0.1) is 0 Å². The molecule has 1 aliphatic carbocycles. The lowest BCUT2D eigenvalue weighted by atomic mass is 10.0. The Morgan fingerprint density at radius 2 is 1.67 bits per heavy atom. The fourth-order valence-corrected chi connectivity index (χ4v) is 4.71. The zero-order valence-corrected chi connectivity index (χ0v) is 20.7. The van der Waals surface area contributed by atoms with Crippen LogP contribution >= 0.6 is 0 Å². The van der Waals surface area contributed by atoms with Crippen molar-refractivity contribution in [1.29, 1.82) is 0 Å². The third-order valence-corrected chi connectivity index (χ3v) is 6.60. The quantitative estimate of drug-likeness (QED) is 0.426. The second kappa shape index (κ2) is 12.3. The van der Waals surface area contributed by atoms with Crippen LogP contribution in [0, 0.1) is 12.7 Å². The van der Waals surface area contributed by atoms with E-state index >= 15 is 0 Å². The molecule has 0 aromatic heterocycles. The Morgan fingerprint density at radius 3 is 2.39 bits per heavy atom. The number of hydrogen-bond acceptors (Lipinski definition) is 3. The fourth-order valence-electron chi connectivity index (χ4n) is 4.71. The summed E-state index contributed by atoms with van der Waals surface area (Å²) in [5.74, 6) is -1.06. The molecule has 0 radical (unpaired) electrons. The lowest BCUT2D eigenvalue weighted by Crippen LogP contribution is -2.53. The minimum Gasteiger partial charge on any atom is -0.481 e. The molecular weight excluding hydrogens is 455 g/mol. The van der Waals surface area contributed by atoms with E-state index in [1.54, 1.807) is 17.0 Å². The van der Waals surface area contributed by atoms with Crippen molar-refractivity contribution in [2.45, 2.75) is 57.7 Å². The molecule has 2 amide bonds. The van der Waals surface area contributed by atoms with E-state index < -0.39 is 11.9 Å². The average molecular weight is 489 g/mol. The van der Waals surface area contributed by atoms with Crippen LogP contribution in [0.5, 0.6) is 5.75 Å². The molecule has 36 heavy (non-hydrogen) atoms. The molecule has 1 aliphatic rings. The zero-order chi connectivity index (χ0) is 25.3. The van der Waals surface area contributed by atoms with E-state index in [0.717, 1.165) is 42.4 Å². The average Bonchev–Trinajstić information content (AvgIpc) is 3.39. The van der Waals surface area contributed by atoms with Gasteiger partial charge in [-0.2, -0.15) is 0 Å². The van der Waals surface area contributed by atoms with Gasteiger partial charge >= 0.3 is 0 Å². The van der Waals surface area contributed by atoms with E-state index in [9.17, 15) is 14.0 Å². The molecule has 3 aromatic rings. The first-order chi connectivity index (χ1) is 17.5. The molecular formula is C30H33FN2O3. The summed E-state index contributed by atoms with van der Waals surface area (Å²) in [7, 11) is 0. The highest BCUT2D eigenvalue weighted by Gasteiger charge is 2.32. The van der Waals surface area contributed by atoms with Gasteiger partial charge in [0, 0.05) is 19.0 Å². The molecule has 3 aromatic carbocycles. The lowest BCUT2D eigenvalue weighted by Gasteiger charge is -2.32. The van der Waals surface area contributed by atoms with E-state index in [-0.39, 0.29) is 36.8 Å². The van der Waals surface area contributed by atoms with Gasteiger partial charge in [-0.1, -0.05) is 85.1 Å². The normalized spacial score (nSPS) is 14.3. The largest absolute Gasteiger partial charge is 0.481 e. The Hall–Kier alpha value is -3.67. The molecule has 1 N–H and O–H groups in total. The highest BCUT2D eigenvalue weighted by atomic mass is 19.1. The SMILES string of the molecule is Cc1cccc(CN(C(=O)COc2ccccc2F)C(Cc2ccccc2)C(=O)NC2CCCC2)c1. The molecule has 1 unspecified atom stereocenters. The van der Waals surface area contributed by atoms with Gasteiger partial charge in [-0.25, -0.2) is 4.39 Å². The molecule has 5 nitrogen and oxygen atoms in total. The first kappa shape index (κ1) is 25.4. The molecule has 0 aliphatic heterocycles. The summed E-state index contributed by atoms with van der Waals surface area (Å²) < 4.78 is 19.7. The van der Waals surface area contributed by atoms with Crippen LogP contribution in [0.25, 0.3) is 0 Å². The summed E-state index contributed by atoms with van der Waals surface area (Å²) in [6.07, 6.45) is 4.46. The van der Waals surface area contributed by atoms with Crippen molar-refractivity contribution in [3.63, 3.8) is 0 Å². The Bertz CT molecular complexity index is 1160. The molecule has 0 bridgehead atoms. The number of nitrogens with zero attached hydrogens (tertiary/aromatic N) is 1. The van der Waals surface area contributed by atoms with Crippen LogP contribution in [0.3, 0.4) is 0 Å². The molecule has 1 atom stereocenters. The minimum absolute atomic E-state index is 0.0105. The molecule has 188 valence electrons. The number of hydrogen-bond donors (Lipinski definition) is 1. The van der Waals surface area contributed by atoms with Crippen LogP contribution in [0.4, 0.5) is 4.39 Å². The molecule has 4 rings (SSSR count). The van der Waals surface area contributed by atoms with Crippen LogP contribution in [0.2, 0.25) is 0 Å². The summed E-state index contributed by atoms with van der Waals surface area (Å²) >= 11 is 0. The number of benzene rings is 3. The van der Waals surface area contributed by atoms with Gasteiger partial charge in [-0.3, -0.25) is 9.59 Å². The Balaban J connectivity index is 1.62. The predicted molar refractivity (Wildman–Crippen MR) is 138 cm³/mol. The topological polar surface area (TPSA) is 58.6 Å². The number of ether oxygens (including phenoxy) is 1. The maximum absolute atomic E-state index is 14.1.